The van der Waals surface area contributed by atoms with Crippen LogP contribution in [-0.4, -0.2) is 69.2 Å². The molecule has 1 aliphatic rings. The van der Waals surface area contributed by atoms with E-state index in [1.54, 1.807) is 60.7 Å². The minimum Gasteiger partial charge on any atom is -0.463 e. The predicted octanol–water partition coefficient (Wildman–Crippen LogP) is 2.69. The van der Waals surface area contributed by atoms with Gasteiger partial charge in [-0.05, 0) is 24.4 Å². The molecule has 43 heavy (non-hydrogen) atoms. The van der Waals surface area contributed by atoms with Gasteiger partial charge in [-0.15, -0.1) is 0 Å². The van der Waals surface area contributed by atoms with Gasteiger partial charge in [-0.2, -0.15) is 5.10 Å². The molecule has 1 fully saturated rings. The summed E-state index contributed by atoms with van der Waals surface area (Å²) >= 11 is 5.75. The Bertz CT molecular complexity index is 1620. The Hall–Kier alpha value is -4.69. The van der Waals surface area contributed by atoms with Gasteiger partial charge in [0.15, 0.2) is 30.2 Å². The fraction of sp³-hybridized carbons (Fsp3) is 0.345. The molecule has 2 heterocycles. The zero-order valence-electron chi connectivity index (χ0n) is 23.7. The fourth-order valence-corrected chi connectivity index (χ4v) is 4.97. The van der Waals surface area contributed by atoms with E-state index < -0.39 is 66.7 Å². The van der Waals surface area contributed by atoms with Crippen LogP contribution in [0.25, 0.3) is 16.9 Å². The largest absolute Gasteiger partial charge is 0.463 e. The first-order valence-corrected chi connectivity index (χ1v) is 13.6. The highest BCUT2D eigenvalue weighted by Gasteiger charge is 2.53. The van der Waals surface area contributed by atoms with E-state index in [4.69, 9.17) is 35.9 Å². The number of aromatic nitrogens is 3. The molecule has 0 radical (unpaired) electrons. The molecule has 3 aromatic rings. The predicted molar refractivity (Wildman–Crippen MR) is 151 cm³/mol. The highest BCUT2D eigenvalue weighted by molar-refractivity contribution is 7.71. The summed E-state index contributed by atoms with van der Waals surface area (Å²) in [5.74, 6) is -3.01. The topological polar surface area (TPSA) is 154 Å². The van der Waals surface area contributed by atoms with Gasteiger partial charge < -0.3 is 23.7 Å². The summed E-state index contributed by atoms with van der Waals surface area (Å²) in [6.07, 6.45) is -7.00. The molecule has 4 rings (SSSR count). The molecule has 1 aromatic heterocycles. The second kappa shape index (κ2) is 13.5. The summed E-state index contributed by atoms with van der Waals surface area (Å²) in [6, 6.07) is 17.1. The summed E-state index contributed by atoms with van der Waals surface area (Å²) in [6.45, 7) is 4.10. The first-order valence-electron chi connectivity index (χ1n) is 13.1. The van der Waals surface area contributed by atoms with Gasteiger partial charge in [0.05, 0.1) is 5.69 Å². The number of rotatable bonds is 8. The minimum atomic E-state index is -1.48. The lowest BCUT2D eigenvalue weighted by atomic mass is 9.97. The number of para-hydroxylation sites is 1. The van der Waals surface area contributed by atoms with Crippen LogP contribution in [0.2, 0.25) is 0 Å². The maximum Gasteiger partial charge on any atom is 0.303 e. The summed E-state index contributed by atoms with van der Waals surface area (Å²) < 4.78 is 30.2. The smallest absolute Gasteiger partial charge is 0.303 e. The number of hydrogen-bond acceptors (Lipinski definition) is 12. The van der Waals surface area contributed by atoms with Crippen molar-refractivity contribution in [2.45, 2.75) is 58.3 Å². The second-order valence-corrected chi connectivity index (χ2v) is 9.87. The third-order valence-corrected chi connectivity index (χ3v) is 6.64. The van der Waals surface area contributed by atoms with Crippen LogP contribution in [-0.2, 0) is 42.9 Å². The fourth-order valence-electron chi connectivity index (χ4n) is 4.64. The van der Waals surface area contributed by atoms with E-state index >= 15 is 0 Å². The SMILES string of the molecule is CC(=O)OC[C@H]1O[C@@H](n2nc(-c3ccccc3)c(=O)n(-c3ccccc3)c2=S)[C@H](OC(C)=O)[C@@H](OC(C)=O)[C@@H]1OC(C)=O. The van der Waals surface area contributed by atoms with Crippen LogP contribution in [0.15, 0.2) is 65.5 Å². The quantitative estimate of drug-likeness (QED) is 0.209. The first-order chi connectivity index (χ1) is 20.5. The van der Waals surface area contributed by atoms with Gasteiger partial charge in [0.2, 0.25) is 4.77 Å². The summed E-state index contributed by atoms with van der Waals surface area (Å²) in [5, 5.41) is 4.55. The van der Waals surface area contributed by atoms with Crippen LogP contribution in [0.1, 0.15) is 33.9 Å². The van der Waals surface area contributed by atoms with Gasteiger partial charge in [0.25, 0.3) is 5.56 Å². The van der Waals surface area contributed by atoms with E-state index in [2.05, 4.69) is 5.10 Å². The highest BCUT2D eigenvalue weighted by Crippen LogP contribution is 2.35. The molecule has 5 atom stereocenters. The Morgan fingerprint density at radius 1 is 0.791 bits per heavy atom. The van der Waals surface area contributed by atoms with Crippen molar-refractivity contribution >= 4 is 36.1 Å². The Balaban J connectivity index is 2.00. The first kappa shape index (κ1) is 31.3. The number of benzene rings is 2. The number of carbonyl (C=O) groups is 4. The van der Waals surface area contributed by atoms with Crippen molar-refractivity contribution in [2.75, 3.05) is 6.61 Å². The number of nitrogens with zero attached hydrogens (tertiary/aromatic N) is 3. The van der Waals surface area contributed by atoms with Crippen LogP contribution < -0.4 is 5.56 Å². The Labute approximate surface area is 250 Å². The third kappa shape index (κ3) is 7.21. The zero-order valence-corrected chi connectivity index (χ0v) is 24.5. The van der Waals surface area contributed by atoms with Crippen LogP contribution in [0.4, 0.5) is 0 Å². The van der Waals surface area contributed by atoms with E-state index in [9.17, 15) is 24.0 Å². The van der Waals surface area contributed by atoms with Gasteiger partial charge in [-0.3, -0.25) is 28.5 Å². The summed E-state index contributed by atoms with van der Waals surface area (Å²) in [7, 11) is 0. The lowest BCUT2D eigenvalue weighted by molar-refractivity contribution is -0.271. The summed E-state index contributed by atoms with van der Waals surface area (Å²) in [4.78, 5) is 62.3. The molecule has 0 unspecified atom stereocenters. The van der Waals surface area contributed by atoms with Gasteiger partial charge in [0.1, 0.15) is 12.7 Å². The van der Waals surface area contributed by atoms with Crippen molar-refractivity contribution in [3.63, 3.8) is 0 Å². The maximum absolute atomic E-state index is 13.8. The monoisotopic (exact) mass is 611 g/mol. The summed E-state index contributed by atoms with van der Waals surface area (Å²) in [5.41, 5.74) is 0.304. The van der Waals surface area contributed by atoms with E-state index in [1.807, 2.05) is 0 Å². The molecule has 2 aromatic carbocycles. The van der Waals surface area contributed by atoms with Crippen molar-refractivity contribution in [3.8, 4) is 16.9 Å². The molecule has 14 heteroatoms. The molecule has 0 saturated carbocycles. The molecular formula is C29H29N3O10S. The van der Waals surface area contributed by atoms with Crippen molar-refractivity contribution in [3.05, 3.63) is 75.8 Å². The number of carbonyl (C=O) groups excluding carboxylic acids is 4. The molecule has 0 aliphatic carbocycles. The molecule has 0 bridgehead atoms. The van der Waals surface area contributed by atoms with Crippen molar-refractivity contribution in [1.82, 2.24) is 14.3 Å². The minimum absolute atomic E-state index is 0.0223. The standard InChI is InChI=1S/C29H29N3O10S/c1-16(33)38-15-22-24(39-17(2)34)25(40-18(3)35)26(41-19(4)36)28(42-22)32-29(43)31(21-13-9-6-10-14-21)27(37)23(30-32)20-11-7-5-8-12-20/h5-14,22,24-26,28H,15H2,1-4H3/t22-,24-,25+,26-,28-/m1/s1. The molecule has 0 amide bonds. The average Bonchev–Trinajstić information content (AvgIpc) is 2.95. The number of ether oxygens (including phenoxy) is 5. The molecule has 13 nitrogen and oxygen atoms in total. The number of esters is 4. The van der Waals surface area contributed by atoms with Crippen molar-refractivity contribution in [1.29, 1.82) is 0 Å². The Morgan fingerprint density at radius 3 is 1.88 bits per heavy atom. The highest BCUT2D eigenvalue weighted by atomic mass is 32.1. The van der Waals surface area contributed by atoms with Crippen LogP contribution >= 0.6 is 12.2 Å². The van der Waals surface area contributed by atoms with Gasteiger partial charge in [0, 0.05) is 33.3 Å². The molecule has 0 spiro atoms. The van der Waals surface area contributed by atoms with Crippen LogP contribution in [0, 0.1) is 4.77 Å². The molecule has 226 valence electrons. The van der Waals surface area contributed by atoms with E-state index in [1.165, 1.54) is 11.5 Å². The lowest BCUT2D eigenvalue weighted by Crippen LogP contribution is -2.61. The zero-order chi connectivity index (χ0) is 31.3. The van der Waals surface area contributed by atoms with Gasteiger partial charge >= 0.3 is 23.9 Å². The number of hydrogen-bond donors (Lipinski definition) is 0. The average molecular weight is 612 g/mol. The van der Waals surface area contributed by atoms with Crippen molar-refractivity contribution in [2.24, 2.45) is 0 Å². The maximum atomic E-state index is 13.8. The Kier molecular flexibility index (Phi) is 9.83. The lowest BCUT2D eigenvalue weighted by Gasteiger charge is -2.44. The van der Waals surface area contributed by atoms with Gasteiger partial charge in [-0.25, -0.2) is 4.68 Å². The van der Waals surface area contributed by atoms with Crippen LogP contribution in [0.5, 0.6) is 0 Å². The molecule has 1 saturated heterocycles. The van der Waals surface area contributed by atoms with E-state index in [0.717, 1.165) is 25.5 Å². The Morgan fingerprint density at radius 2 is 1.33 bits per heavy atom. The van der Waals surface area contributed by atoms with Crippen molar-refractivity contribution < 1.29 is 42.9 Å². The van der Waals surface area contributed by atoms with Gasteiger partial charge in [-0.1, -0.05) is 48.5 Å². The van der Waals surface area contributed by atoms with E-state index in [0.29, 0.717) is 11.3 Å². The molecular weight excluding hydrogens is 582 g/mol. The third-order valence-electron chi connectivity index (χ3n) is 6.27. The molecule has 1 aliphatic heterocycles. The normalized spacial score (nSPS) is 21.3. The molecule has 0 N–H and O–H groups in total. The van der Waals surface area contributed by atoms with Crippen LogP contribution in [0.3, 0.4) is 0 Å². The second-order valence-electron chi connectivity index (χ2n) is 9.51. The van der Waals surface area contributed by atoms with E-state index in [-0.39, 0.29) is 10.5 Å².